The van der Waals surface area contributed by atoms with Crippen molar-refractivity contribution in [2.45, 2.75) is 38.2 Å². The van der Waals surface area contributed by atoms with Gasteiger partial charge in [0.25, 0.3) is 0 Å². The minimum absolute atomic E-state index is 0.390. The normalized spacial score (nSPS) is 27.7. The molecule has 2 unspecified atom stereocenters. The summed E-state index contributed by atoms with van der Waals surface area (Å²) in [7, 11) is 0. The third kappa shape index (κ3) is 4.30. The molecule has 1 heterocycles. The summed E-state index contributed by atoms with van der Waals surface area (Å²) >= 11 is 0. The molecule has 0 aliphatic carbocycles. The Bertz CT molecular complexity index is 474. The first-order chi connectivity index (χ1) is 10.3. The van der Waals surface area contributed by atoms with Crippen molar-refractivity contribution in [2.75, 3.05) is 6.61 Å². The summed E-state index contributed by atoms with van der Waals surface area (Å²) < 4.78 is 5.21. The Balaban J connectivity index is 3.20. The van der Waals surface area contributed by atoms with Crippen molar-refractivity contribution in [2.24, 2.45) is 5.92 Å². The molecule has 8 nitrogen and oxygen atoms in total. The van der Waals surface area contributed by atoms with Gasteiger partial charge in [0.05, 0.1) is 12.6 Å². The van der Waals surface area contributed by atoms with Crippen LogP contribution in [0.25, 0.3) is 0 Å². The van der Waals surface area contributed by atoms with E-state index in [2.05, 4.69) is 5.32 Å². The molecular weight excluding hydrogens is 294 g/mol. The van der Waals surface area contributed by atoms with Crippen LogP contribution in [0.2, 0.25) is 0 Å². The van der Waals surface area contributed by atoms with Crippen LogP contribution in [-0.2, 0) is 14.3 Å². The minimum Gasteiger partial charge on any atom is -0.478 e. The van der Waals surface area contributed by atoms with E-state index in [0.29, 0.717) is 0 Å². The van der Waals surface area contributed by atoms with E-state index in [4.69, 9.17) is 14.9 Å². The second-order valence-corrected chi connectivity index (χ2v) is 4.99. The molecule has 0 aromatic rings. The number of aliphatic carboxylic acids is 1. The molecule has 0 aromatic heterocycles. The van der Waals surface area contributed by atoms with Crippen molar-refractivity contribution in [3.63, 3.8) is 0 Å². The number of aliphatic hydroxyl groups is 3. The van der Waals surface area contributed by atoms with Gasteiger partial charge < -0.3 is 30.5 Å². The molecule has 0 bridgehead atoms. The lowest BCUT2D eigenvalue weighted by Gasteiger charge is -2.39. The number of carbonyl (C=O) groups excluding carboxylic acids is 1. The molecule has 1 aliphatic heterocycles. The van der Waals surface area contributed by atoms with Gasteiger partial charge in [-0.15, -0.1) is 0 Å². The average molecular weight is 315 g/mol. The Morgan fingerprint density at radius 2 is 2.09 bits per heavy atom. The second-order valence-electron chi connectivity index (χ2n) is 4.99. The molecule has 5 atom stereocenters. The standard InChI is InChI=1S/C14H21NO7/c1-3-4-8-5-10(14(20)21)22-13(11(8)15-7(2)17)12(19)9(18)6-16/h3-5,8-9,11-13,16,18-19H,6H2,1-2H3,(H,15,17)(H,20,21)/b4-3+/t8?,9-,11+,12-,13?/m1/s1. The van der Waals surface area contributed by atoms with E-state index in [9.17, 15) is 19.8 Å². The fourth-order valence-corrected chi connectivity index (χ4v) is 2.30. The summed E-state index contributed by atoms with van der Waals surface area (Å²) in [6.07, 6.45) is 0.322. The van der Waals surface area contributed by atoms with Gasteiger partial charge in [-0.3, -0.25) is 4.79 Å². The zero-order valence-corrected chi connectivity index (χ0v) is 12.3. The second kappa shape index (κ2) is 7.92. The predicted octanol–water partition coefficient (Wildman–Crippen LogP) is -1.24. The summed E-state index contributed by atoms with van der Waals surface area (Å²) in [5.74, 6) is -2.66. The van der Waals surface area contributed by atoms with Crippen LogP contribution in [0.3, 0.4) is 0 Å². The van der Waals surface area contributed by atoms with Gasteiger partial charge in [-0.1, -0.05) is 12.2 Å². The van der Waals surface area contributed by atoms with E-state index >= 15 is 0 Å². The fraction of sp³-hybridized carbons (Fsp3) is 0.571. The van der Waals surface area contributed by atoms with Crippen molar-refractivity contribution in [1.29, 1.82) is 0 Å². The van der Waals surface area contributed by atoms with E-state index in [1.807, 2.05) is 0 Å². The molecule has 8 heteroatoms. The highest BCUT2D eigenvalue weighted by molar-refractivity contribution is 5.84. The van der Waals surface area contributed by atoms with Gasteiger partial charge in [-0.25, -0.2) is 4.79 Å². The molecule has 0 spiro atoms. The molecule has 0 saturated carbocycles. The number of carboxylic acids is 1. The lowest BCUT2D eigenvalue weighted by atomic mass is 9.87. The van der Waals surface area contributed by atoms with E-state index in [1.54, 1.807) is 19.1 Å². The molecule has 22 heavy (non-hydrogen) atoms. The zero-order chi connectivity index (χ0) is 16.9. The number of aliphatic hydroxyl groups excluding tert-OH is 3. The number of rotatable bonds is 6. The van der Waals surface area contributed by atoms with Crippen LogP contribution >= 0.6 is 0 Å². The number of hydrogen-bond donors (Lipinski definition) is 5. The molecule has 1 aliphatic rings. The predicted molar refractivity (Wildman–Crippen MR) is 75.6 cm³/mol. The minimum atomic E-state index is -1.57. The number of nitrogens with one attached hydrogen (secondary N) is 1. The summed E-state index contributed by atoms with van der Waals surface area (Å²) in [5.41, 5.74) is 0. The number of amides is 1. The van der Waals surface area contributed by atoms with Gasteiger partial charge in [-0.2, -0.15) is 0 Å². The lowest BCUT2D eigenvalue weighted by molar-refractivity contribution is -0.146. The number of hydrogen-bond acceptors (Lipinski definition) is 6. The Hall–Kier alpha value is -1.90. The van der Waals surface area contributed by atoms with Crippen LogP contribution in [0.5, 0.6) is 0 Å². The quantitative estimate of drug-likeness (QED) is 0.387. The maximum atomic E-state index is 11.4. The fourth-order valence-electron chi connectivity index (χ4n) is 2.30. The molecule has 0 radical (unpaired) electrons. The van der Waals surface area contributed by atoms with E-state index in [1.165, 1.54) is 13.0 Å². The first kappa shape index (κ1) is 18.1. The number of allylic oxidation sites excluding steroid dienone is 1. The van der Waals surface area contributed by atoms with Crippen LogP contribution < -0.4 is 5.32 Å². The molecule has 0 aromatic carbocycles. The molecular formula is C14H21NO7. The molecule has 1 amide bonds. The van der Waals surface area contributed by atoms with Gasteiger partial charge >= 0.3 is 5.97 Å². The molecule has 0 saturated heterocycles. The summed E-state index contributed by atoms with van der Waals surface area (Å²) in [4.78, 5) is 22.5. The summed E-state index contributed by atoms with van der Waals surface area (Å²) in [6.45, 7) is 2.27. The highest BCUT2D eigenvalue weighted by atomic mass is 16.5. The summed E-state index contributed by atoms with van der Waals surface area (Å²) in [5, 5.41) is 40.3. The Morgan fingerprint density at radius 1 is 1.45 bits per heavy atom. The first-order valence-corrected chi connectivity index (χ1v) is 6.80. The lowest BCUT2D eigenvalue weighted by Crippen LogP contribution is -2.57. The Morgan fingerprint density at radius 3 is 2.55 bits per heavy atom. The Labute approximate surface area is 127 Å². The van der Waals surface area contributed by atoms with Crippen molar-refractivity contribution in [3.05, 3.63) is 24.0 Å². The van der Waals surface area contributed by atoms with Gasteiger partial charge in [0.1, 0.15) is 18.3 Å². The third-order valence-electron chi connectivity index (χ3n) is 3.29. The van der Waals surface area contributed by atoms with Crippen LogP contribution in [-0.4, -0.2) is 63.3 Å². The Kier molecular flexibility index (Phi) is 6.54. The van der Waals surface area contributed by atoms with Gasteiger partial charge in [0, 0.05) is 12.8 Å². The van der Waals surface area contributed by atoms with Crippen molar-refractivity contribution >= 4 is 11.9 Å². The largest absolute Gasteiger partial charge is 0.478 e. The average Bonchev–Trinajstić information content (AvgIpc) is 2.46. The molecule has 5 N–H and O–H groups in total. The van der Waals surface area contributed by atoms with Crippen LogP contribution in [0.1, 0.15) is 13.8 Å². The summed E-state index contributed by atoms with van der Waals surface area (Å²) in [6, 6.07) is -0.784. The third-order valence-corrected chi connectivity index (χ3v) is 3.29. The van der Waals surface area contributed by atoms with Crippen molar-refractivity contribution < 1.29 is 34.8 Å². The van der Waals surface area contributed by atoms with E-state index < -0.39 is 48.8 Å². The number of carboxylic acid groups (broad SMARTS) is 1. The maximum absolute atomic E-state index is 11.4. The zero-order valence-electron chi connectivity index (χ0n) is 12.3. The van der Waals surface area contributed by atoms with Crippen LogP contribution in [0.4, 0.5) is 0 Å². The van der Waals surface area contributed by atoms with Gasteiger partial charge in [-0.05, 0) is 13.0 Å². The molecule has 0 fully saturated rings. The van der Waals surface area contributed by atoms with Crippen molar-refractivity contribution in [1.82, 2.24) is 5.32 Å². The number of ether oxygens (including phenoxy) is 1. The monoisotopic (exact) mass is 315 g/mol. The smallest absolute Gasteiger partial charge is 0.370 e. The number of carbonyl (C=O) groups is 2. The highest BCUT2D eigenvalue weighted by Crippen LogP contribution is 2.27. The first-order valence-electron chi connectivity index (χ1n) is 6.80. The van der Waals surface area contributed by atoms with Gasteiger partial charge in [0.2, 0.25) is 11.7 Å². The molecule has 124 valence electrons. The van der Waals surface area contributed by atoms with E-state index in [-0.39, 0.29) is 5.76 Å². The maximum Gasteiger partial charge on any atom is 0.370 e. The highest BCUT2D eigenvalue weighted by Gasteiger charge is 2.42. The van der Waals surface area contributed by atoms with Gasteiger partial charge in [0.15, 0.2) is 0 Å². The molecule has 1 rings (SSSR count). The van der Waals surface area contributed by atoms with Crippen LogP contribution in [0.15, 0.2) is 24.0 Å². The SMILES string of the molecule is C/C=C/C1C=C(C(=O)O)OC([C@H](O)[C@H](O)CO)[C@H]1NC(C)=O. The van der Waals surface area contributed by atoms with E-state index in [0.717, 1.165) is 0 Å². The van der Waals surface area contributed by atoms with Crippen LogP contribution in [0, 0.1) is 5.92 Å². The topological polar surface area (TPSA) is 136 Å². The van der Waals surface area contributed by atoms with Crippen molar-refractivity contribution in [3.8, 4) is 0 Å².